The summed E-state index contributed by atoms with van der Waals surface area (Å²) in [5.74, 6) is -0.0760. The lowest BCUT2D eigenvalue weighted by Crippen LogP contribution is -2.02. The monoisotopic (exact) mass is 273 g/mol. The summed E-state index contributed by atoms with van der Waals surface area (Å²) in [6.45, 7) is 4.15. The molecule has 0 aliphatic rings. The molecule has 0 aliphatic carbocycles. The Hall–Kier alpha value is -2.56. The number of aromatic carboxylic acids is 1. The van der Waals surface area contributed by atoms with Gasteiger partial charge in [-0.2, -0.15) is 0 Å². The molecule has 5 nitrogen and oxygen atoms in total. The van der Waals surface area contributed by atoms with Gasteiger partial charge in [0.2, 0.25) is 0 Å². The first kappa shape index (κ1) is 13.9. The van der Waals surface area contributed by atoms with E-state index in [0.717, 1.165) is 5.56 Å². The van der Waals surface area contributed by atoms with Crippen LogP contribution in [0.1, 0.15) is 22.8 Å². The number of pyridine rings is 1. The van der Waals surface area contributed by atoms with Crippen LogP contribution in [-0.2, 0) is 0 Å². The van der Waals surface area contributed by atoms with Gasteiger partial charge in [0.15, 0.2) is 5.75 Å². The summed E-state index contributed by atoms with van der Waals surface area (Å²) in [6.07, 6.45) is 1.56. The Morgan fingerprint density at radius 1 is 1.30 bits per heavy atom. The highest BCUT2D eigenvalue weighted by Crippen LogP contribution is 2.31. The van der Waals surface area contributed by atoms with Crippen LogP contribution in [-0.4, -0.2) is 22.7 Å². The van der Waals surface area contributed by atoms with E-state index < -0.39 is 5.97 Å². The number of aryl methyl sites for hydroxylation is 1. The molecule has 2 aromatic rings. The number of hydrogen-bond donors (Lipinski definition) is 1. The van der Waals surface area contributed by atoms with E-state index in [9.17, 15) is 9.90 Å². The second kappa shape index (κ2) is 6.06. The van der Waals surface area contributed by atoms with Crippen LogP contribution in [0.25, 0.3) is 0 Å². The zero-order valence-electron chi connectivity index (χ0n) is 11.3. The van der Waals surface area contributed by atoms with Crippen LogP contribution < -0.4 is 9.47 Å². The normalized spacial score (nSPS) is 10.1. The lowest BCUT2D eigenvalue weighted by Gasteiger charge is -2.12. The number of nitrogens with zero attached hydrogens (tertiary/aromatic N) is 1. The van der Waals surface area contributed by atoms with Crippen molar-refractivity contribution >= 4 is 5.97 Å². The van der Waals surface area contributed by atoms with Gasteiger partial charge in [-0.15, -0.1) is 0 Å². The molecule has 0 saturated carbocycles. The number of hydrogen-bond acceptors (Lipinski definition) is 4. The first-order valence-electron chi connectivity index (χ1n) is 6.21. The second-order valence-corrected chi connectivity index (χ2v) is 4.15. The minimum absolute atomic E-state index is 0.0955. The topological polar surface area (TPSA) is 68.7 Å². The Balaban J connectivity index is 2.37. The Labute approximate surface area is 116 Å². The Morgan fingerprint density at radius 3 is 2.80 bits per heavy atom. The van der Waals surface area contributed by atoms with Crippen LogP contribution in [0.15, 0.2) is 36.5 Å². The van der Waals surface area contributed by atoms with Gasteiger partial charge in [0.25, 0.3) is 5.88 Å². The van der Waals surface area contributed by atoms with Gasteiger partial charge in [-0.1, -0.05) is 11.6 Å². The van der Waals surface area contributed by atoms with Crippen LogP contribution in [0.3, 0.4) is 0 Å². The molecular weight excluding hydrogens is 258 g/mol. The summed E-state index contributed by atoms with van der Waals surface area (Å²) < 4.78 is 11.0. The van der Waals surface area contributed by atoms with Crippen molar-refractivity contribution in [2.45, 2.75) is 13.8 Å². The minimum atomic E-state index is -1.04. The van der Waals surface area contributed by atoms with E-state index in [1.165, 1.54) is 0 Å². The predicted octanol–water partition coefficient (Wildman–Crippen LogP) is 3.28. The van der Waals surface area contributed by atoms with Crippen molar-refractivity contribution in [3.05, 3.63) is 47.7 Å². The fraction of sp³-hybridized carbons (Fsp3) is 0.200. The summed E-state index contributed by atoms with van der Waals surface area (Å²) in [5, 5.41) is 9.21. The maximum Gasteiger partial charge on any atom is 0.339 e. The van der Waals surface area contributed by atoms with Crippen LogP contribution in [0.2, 0.25) is 0 Å². The van der Waals surface area contributed by atoms with E-state index in [1.54, 1.807) is 36.5 Å². The van der Waals surface area contributed by atoms with Crippen LogP contribution >= 0.6 is 0 Å². The largest absolute Gasteiger partial charge is 0.488 e. The molecule has 0 radical (unpaired) electrons. The predicted molar refractivity (Wildman–Crippen MR) is 73.6 cm³/mol. The molecule has 0 fully saturated rings. The molecule has 1 N–H and O–H groups in total. The van der Waals surface area contributed by atoms with Crippen molar-refractivity contribution < 1.29 is 19.4 Å². The molecule has 0 saturated heterocycles. The third-order valence-corrected chi connectivity index (χ3v) is 2.61. The number of benzene rings is 1. The molecule has 20 heavy (non-hydrogen) atoms. The molecule has 0 aliphatic heterocycles. The van der Waals surface area contributed by atoms with E-state index in [0.29, 0.717) is 12.4 Å². The number of aromatic nitrogens is 1. The lowest BCUT2D eigenvalue weighted by molar-refractivity contribution is 0.0694. The first-order valence-corrected chi connectivity index (χ1v) is 6.21. The van der Waals surface area contributed by atoms with Crippen molar-refractivity contribution in [3.8, 4) is 17.4 Å². The minimum Gasteiger partial charge on any atom is -0.488 e. The highest BCUT2D eigenvalue weighted by molar-refractivity contribution is 5.91. The van der Waals surface area contributed by atoms with E-state index in [-0.39, 0.29) is 17.2 Å². The van der Waals surface area contributed by atoms with Gasteiger partial charge in [0.05, 0.1) is 6.61 Å². The molecule has 0 bridgehead atoms. The van der Waals surface area contributed by atoms with Crippen molar-refractivity contribution in [1.82, 2.24) is 4.98 Å². The van der Waals surface area contributed by atoms with Gasteiger partial charge in [0.1, 0.15) is 11.3 Å². The van der Waals surface area contributed by atoms with Gasteiger partial charge < -0.3 is 14.6 Å². The molecule has 0 amide bonds. The summed E-state index contributed by atoms with van der Waals surface area (Å²) >= 11 is 0. The summed E-state index contributed by atoms with van der Waals surface area (Å²) in [5.41, 5.74) is 0.943. The fourth-order valence-electron chi connectivity index (χ4n) is 1.72. The average Bonchev–Trinajstić information content (AvgIpc) is 2.43. The van der Waals surface area contributed by atoms with E-state index >= 15 is 0 Å². The van der Waals surface area contributed by atoms with Gasteiger partial charge in [-0.3, -0.25) is 0 Å². The second-order valence-electron chi connectivity index (χ2n) is 4.15. The molecule has 104 valence electrons. The van der Waals surface area contributed by atoms with Crippen molar-refractivity contribution in [3.63, 3.8) is 0 Å². The van der Waals surface area contributed by atoms with Gasteiger partial charge in [0, 0.05) is 6.20 Å². The zero-order valence-corrected chi connectivity index (χ0v) is 11.3. The van der Waals surface area contributed by atoms with Gasteiger partial charge in [-0.25, -0.2) is 9.78 Å². The Bertz CT molecular complexity index is 625. The number of rotatable bonds is 5. The van der Waals surface area contributed by atoms with Gasteiger partial charge in [-0.05, 0) is 38.1 Å². The van der Waals surface area contributed by atoms with Crippen molar-refractivity contribution in [1.29, 1.82) is 0 Å². The molecule has 0 atom stereocenters. The highest BCUT2D eigenvalue weighted by Gasteiger charge is 2.15. The van der Waals surface area contributed by atoms with Crippen molar-refractivity contribution in [2.75, 3.05) is 6.61 Å². The standard InChI is InChI=1S/C15H15NO4/c1-3-19-13-5-4-8-16-14(13)20-12-7-6-10(2)9-11(12)15(17)18/h4-9H,3H2,1-2H3,(H,17,18). The average molecular weight is 273 g/mol. The third-order valence-electron chi connectivity index (χ3n) is 2.61. The Morgan fingerprint density at radius 2 is 2.10 bits per heavy atom. The summed E-state index contributed by atoms with van der Waals surface area (Å²) in [4.78, 5) is 15.3. The first-order chi connectivity index (χ1) is 9.61. The molecule has 1 aromatic carbocycles. The van der Waals surface area contributed by atoms with Crippen LogP contribution in [0, 0.1) is 6.92 Å². The Kier molecular flexibility index (Phi) is 4.20. The molecule has 0 unspecified atom stereocenters. The number of carboxylic acids is 1. The quantitative estimate of drug-likeness (QED) is 0.905. The zero-order chi connectivity index (χ0) is 14.5. The molecule has 1 aromatic heterocycles. The SMILES string of the molecule is CCOc1cccnc1Oc1ccc(C)cc1C(=O)O. The third kappa shape index (κ3) is 3.06. The fourth-order valence-corrected chi connectivity index (χ4v) is 1.72. The van der Waals surface area contributed by atoms with E-state index in [1.807, 2.05) is 13.8 Å². The lowest BCUT2D eigenvalue weighted by atomic mass is 10.1. The van der Waals surface area contributed by atoms with Crippen LogP contribution in [0.5, 0.6) is 17.4 Å². The molecule has 2 rings (SSSR count). The molecule has 0 spiro atoms. The molecule has 1 heterocycles. The van der Waals surface area contributed by atoms with E-state index in [4.69, 9.17) is 9.47 Å². The molecular formula is C15H15NO4. The van der Waals surface area contributed by atoms with Gasteiger partial charge >= 0.3 is 5.97 Å². The summed E-state index contributed by atoms with van der Waals surface area (Å²) in [7, 11) is 0. The van der Waals surface area contributed by atoms with E-state index in [2.05, 4.69) is 4.98 Å². The highest BCUT2D eigenvalue weighted by atomic mass is 16.5. The maximum absolute atomic E-state index is 11.2. The van der Waals surface area contributed by atoms with Crippen LogP contribution in [0.4, 0.5) is 0 Å². The maximum atomic E-state index is 11.2. The summed E-state index contributed by atoms with van der Waals surface area (Å²) in [6, 6.07) is 8.40. The van der Waals surface area contributed by atoms with Crippen molar-refractivity contribution in [2.24, 2.45) is 0 Å². The number of ether oxygens (including phenoxy) is 2. The molecule has 5 heteroatoms. The number of carboxylic acid groups (broad SMARTS) is 1. The smallest absolute Gasteiger partial charge is 0.339 e. The number of carbonyl (C=O) groups is 1.